The van der Waals surface area contributed by atoms with E-state index in [0.29, 0.717) is 5.56 Å². The van der Waals surface area contributed by atoms with Crippen molar-refractivity contribution in [3.63, 3.8) is 0 Å². The van der Waals surface area contributed by atoms with E-state index in [1.165, 1.54) is 30.0 Å². The number of non-ortho nitro benzene ring substituents is 1. The molecule has 2 N–H and O–H groups in total. The Morgan fingerprint density at radius 2 is 2.12 bits per heavy atom. The van der Waals surface area contributed by atoms with Crippen molar-refractivity contribution in [2.75, 3.05) is 26.4 Å². The summed E-state index contributed by atoms with van der Waals surface area (Å²) in [5, 5.41) is 29.8. The van der Waals surface area contributed by atoms with Crippen molar-refractivity contribution in [2.24, 2.45) is 0 Å². The van der Waals surface area contributed by atoms with Crippen molar-refractivity contribution in [1.82, 2.24) is 4.90 Å². The van der Waals surface area contributed by atoms with Crippen LogP contribution < -0.4 is 0 Å². The number of Topliss-reactive ketones (excluding diaryl/α,β-unsaturated/α-hetero) is 1. The molecule has 0 spiro atoms. The van der Waals surface area contributed by atoms with Crippen LogP contribution in [0.15, 0.2) is 35.6 Å². The van der Waals surface area contributed by atoms with Crippen molar-refractivity contribution in [3.05, 3.63) is 51.3 Å². The minimum Gasteiger partial charge on any atom is -0.503 e. The minimum absolute atomic E-state index is 0.0486. The lowest BCUT2D eigenvalue weighted by Gasteiger charge is -2.26. The monoisotopic (exact) mass is 350 g/mol. The number of hydrogen-bond acceptors (Lipinski definition) is 7. The summed E-state index contributed by atoms with van der Waals surface area (Å²) in [6.07, 6.45) is 0. The fraction of sp³-hybridized carbons (Fsp3) is 0.375. The van der Waals surface area contributed by atoms with Gasteiger partial charge in [-0.1, -0.05) is 12.1 Å². The van der Waals surface area contributed by atoms with Gasteiger partial charge in [-0.25, -0.2) is 0 Å². The second-order valence-electron chi connectivity index (χ2n) is 5.41. The molecule has 9 heteroatoms. The highest BCUT2D eigenvalue weighted by Crippen LogP contribution is 2.38. The largest absolute Gasteiger partial charge is 0.503 e. The van der Waals surface area contributed by atoms with Crippen LogP contribution in [-0.2, 0) is 14.3 Å². The van der Waals surface area contributed by atoms with Gasteiger partial charge in [0.1, 0.15) is 0 Å². The molecule has 1 atom stereocenters. The third-order valence-corrected chi connectivity index (χ3v) is 3.79. The number of aliphatic hydroxyl groups is 2. The summed E-state index contributed by atoms with van der Waals surface area (Å²) in [6, 6.07) is 4.63. The van der Waals surface area contributed by atoms with Gasteiger partial charge in [0.2, 0.25) is 0 Å². The van der Waals surface area contributed by atoms with Crippen LogP contribution in [0.1, 0.15) is 18.5 Å². The second-order valence-corrected chi connectivity index (χ2v) is 5.41. The number of ether oxygens (including phenoxy) is 1. The molecular formula is C16H18N2O7. The molecule has 0 aliphatic carbocycles. The van der Waals surface area contributed by atoms with Gasteiger partial charge in [-0.05, 0) is 12.5 Å². The van der Waals surface area contributed by atoms with Gasteiger partial charge in [-0.2, -0.15) is 0 Å². The molecule has 1 aliphatic rings. The minimum atomic E-state index is -0.928. The lowest BCUT2D eigenvalue weighted by Crippen LogP contribution is -2.34. The van der Waals surface area contributed by atoms with E-state index in [-0.39, 0.29) is 37.6 Å². The van der Waals surface area contributed by atoms with Gasteiger partial charge in [0, 0.05) is 18.7 Å². The SMILES string of the molecule is CC(=O)C1=C(O)C(=O)N(CCOCCO)[C@@H]1c1cccc([N+](=O)[O-])c1. The van der Waals surface area contributed by atoms with Gasteiger partial charge >= 0.3 is 0 Å². The Hall–Kier alpha value is -2.78. The van der Waals surface area contributed by atoms with Crippen molar-refractivity contribution in [3.8, 4) is 0 Å². The van der Waals surface area contributed by atoms with E-state index in [0.717, 1.165) is 0 Å². The quantitative estimate of drug-likeness (QED) is 0.404. The maximum absolute atomic E-state index is 12.3. The number of ketones is 1. The van der Waals surface area contributed by atoms with E-state index in [9.17, 15) is 24.8 Å². The first-order valence-electron chi connectivity index (χ1n) is 7.56. The zero-order chi connectivity index (χ0) is 18.6. The summed E-state index contributed by atoms with van der Waals surface area (Å²) in [4.78, 5) is 35.9. The fourth-order valence-electron chi connectivity index (χ4n) is 2.73. The smallest absolute Gasteiger partial charge is 0.290 e. The molecule has 25 heavy (non-hydrogen) atoms. The summed E-state index contributed by atoms with van der Waals surface area (Å²) in [5.74, 6) is -1.90. The van der Waals surface area contributed by atoms with E-state index in [1.807, 2.05) is 0 Å². The highest BCUT2D eigenvalue weighted by Gasteiger charge is 2.42. The maximum Gasteiger partial charge on any atom is 0.290 e. The molecule has 9 nitrogen and oxygen atoms in total. The molecule has 0 fully saturated rings. The van der Waals surface area contributed by atoms with Crippen LogP contribution in [0.5, 0.6) is 0 Å². The van der Waals surface area contributed by atoms with Crippen molar-refractivity contribution in [1.29, 1.82) is 0 Å². The summed E-state index contributed by atoms with van der Waals surface area (Å²) in [5.41, 5.74) is 0.0577. The molecule has 0 saturated heterocycles. The number of benzene rings is 1. The number of carbonyl (C=O) groups excluding carboxylic acids is 2. The Kier molecular flexibility index (Phi) is 5.84. The molecule has 134 valence electrons. The van der Waals surface area contributed by atoms with Gasteiger partial charge in [0.05, 0.1) is 36.4 Å². The third kappa shape index (κ3) is 3.83. The topological polar surface area (TPSA) is 130 Å². The number of aliphatic hydroxyl groups excluding tert-OH is 2. The van der Waals surface area contributed by atoms with Crippen LogP contribution in [0.3, 0.4) is 0 Å². The van der Waals surface area contributed by atoms with E-state index in [4.69, 9.17) is 9.84 Å². The van der Waals surface area contributed by atoms with Crippen LogP contribution >= 0.6 is 0 Å². The normalized spacial score (nSPS) is 17.3. The van der Waals surface area contributed by atoms with E-state index >= 15 is 0 Å². The standard InChI is InChI=1S/C16H18N2O7/c1-10(20)13-14(11-3-2-4-12(9-11)18(23)24)17(16(22)15(13)21)5-7-25-8-6-19/h2-4,9,14,19,21H,5-8H2,1H3/t14-/m1/s1. The van der Waals surface area contributed by atoms with Crippen molar-refractivity contribution >= 4 is 17.4 Å². The Morgan fingerprint density at radius 1 is 1.40 bits per heavy atom. The maximum atomic E-state index is 12.3. The molecule has 0 saturated carbocycles. The molecule has 1 amide bonds. The summed E-state index contributed by atoms with van der Waals surface area (Å²) < 4.78 is 5.13. The molecule has 0 aromatic heterocycles. The summed E-state index contributed by atoms with van der Waals surface area (Å²) in [6.45, 7) is 1.26. The molecule has 1 aromatic rings. The fourth-order valence-corrected chi connectivity index (χ4v) is 2.73. The Balaban J connectivity index is 2.39. The van der Waals surface area contributed by atoms with Crippen molar-refractivity contribution in [2.45, 2.75) is 13.0 Å². The number of nitro groups is 1. The number of rotatable bonds is 8. The first-order valence-corrected chi connectivity index (χ1v) is 7.56. The third-order valence-electron chi connectivity index (χ3n) is 3.79. The zero-order valence-electron chi connectivity index (χ0n) is 13.5. The molecule has 1 heterocycles. The summed E-state index contributed by atoms with van der Waals surface area (Å²) >= 11 is 0. The second kappa shape index (κ2) is 7.86. The van der Waals surface area contributed by atoms with E-state index in [1.54, 1.807) is 6.07 Å². The number of nitrogens with zero attached hydrogens (tertiary/aromatic N) is 2. The molecule has 0 radical (unpaired) electrons. The molecular weight excluding hydrogens is 332 g/mol. The van der Waals surface area contributed by atoms with E-state index < -0.39 is 28.4 Å². The average molecular weight is 350 g/mol. The molecule has 2 rings (SSSR count). The average Bonchev–Trinajstić information content (AvgIpc) is 2.83. The molecule has 0 unspecified atom stereocenters. The van der Waals surface area contributed by atoms with Gasteiger partial charge in [0.25, 0.3) is 11.6 Å². The lowest BCUT2D eigenvalue weighted by atomic mass is 9.96. The Morgan fingerprint density at radius 3 is 2.72 bits per heavy atom. The van der Waals surface area contributed by atoms with E-state index in [2.05, 4.69) is 0 Å². The van der Waals surface area contributed by atoms with Crippen LogP contribution in [0.4, 0.5) is 5.69 Å². The lowest BCUT2D eigenvalue weighted by molar-refractivity contribution is -0.384. The number of carbonyl (C=O) groups is 2. The number of nitro benzene ring substituents is 1. The predicted octanol–water partition coefficient (Wildman–Crippen LogP) is 0.888. The molecule has 1 aliphatic heterocycles. The van der Waals surface area contributed by atoms with Gasteiger partial charge < -0.3 is 19.8 Å². The van der Waals surface area contributed by atoms with Crippen LogP contribution in [-0.4, -0.2) is 58.1 Å². The zero-order valence-corrected chi connectivity index (χ0v) is 13.5. The van der Waals surface area contributed by atoms with Gasteiger partial charge in [0.15, 0.2) is 11.5 Å². The van der Waals surface area contributed by atoms with Crippen LogP contribution in [0.25, 0.3) is 0 Å². The predicted molar refractivity (Wildman–Crippen MR) is 85.8 cm³/mol. The Labute approximate surface area is 143 Å². The van der Waals surface area contributed by atoms with Crippen LogP contribution in [0.2, 0.25) is 0 Å². The highest BCUT2D eigenvalue weighted by molar-refractivity contribution is 6.08. The number of hydrogen-bond donors (Lipinski definition) is 2. The van der Waals surface area contributed by atoms with Gasteiger partial charge in [-0.15, -0.1) is 0 Å². The number of amides is 1. The van der Waals surface area contributed by atoms with Crippen molar-refractivity contribution < 1.29 is 29.5 Å². The van der Waals surface area contributed by atoms with Crippen LogP contribution in [0, 0.1) is 10.1 Å². The first-order chi connectivity index (χ1) is 11.9. The molecule has 0 bridgehead atoms. The summed E-state index contributed by atoms with van der Waals surface area (Å²) in [7, 11) is 0. The molecule has 1 aromatic carbocycles. The Bertz CT molecular complexity index is 729. The van der Waals surface area contributed by atoms with Gasteiger partial charge in [-0.3, -0.25) is 19.7 Å². The highest BCUT2D eigenvalue weighted by atomic mass is 16.6. The first kappa shape index (κ1) is 18.6.